The molecule has 1 saturated heterocycles. The number of rotatable bonds is 5. The summed E-state index contributed by atoms with van der Waals surface area (Å²) >= 11 is 5.87. The van der Waals surface area contributed by atoms with Crippen LogP contribution in [0.1, 0.15) is 42.5 Å². The highest BCUT2D eigenvalue weighted by Crippen LogP contribution is 2.36. The van der Waals surface area contributed by atoms with Crippen molar-refractivity contribution in [3.63, 3.8) is 0 Å². The molecule has 1 aliphatic heterocycles. The first kappa shape index (κ1) is 19.9. The first-order valence-electron chi connectivity index (χ1n) is 9.51. The molecule has 2 aliphatic rings. The van der Waals surface area contributed by atoms with Gasteiger partial charge >= 0.3 is 0 Å². The van der Waals surface area contributed by atoms with Gasteiger partial charge in [-0.2, -0.15) is 0 Å². The Balaban J connectivity index is 1.79. The van der Waals surface area contributed by atoms with Crippen molar-refractivity contribution in [1.29, 1.82) is 0 Å². The van der Waals surface area contributed by atoms with E-state index < -0.39 is 15.4 Å². The first-order chi connectivity index (χ1) is 13.8. The van der Waals surface area contributed by atoms with E-state index in [1.807, 2.05) is 12.1 Å². The van der Waals surface area contributed by atoms with E-state index in [-0.39, 0.29) is 22.2 Å². The molecule has 6 nitrogen and oxygen atoms in total. The monoisotopic (exact) mass is 432 g/mol. The van der Waals surface area contributed by atoms with E-state index in [1.165, 1.54) is 6.07 Å². The van der Waals surface area contributed by atoms with Crippen molar-refractivity contribution in [1.82, 2.24) is 10.3 Å². The number of hydrogen-bond acceptors (Lipinski definition) is 4. The number of pyridine rings is 1. The van der Waals surface area contributed by atoms with E-state index in [0.717, 1.165) is 5.56 Å². The Labute approximate surface area is 173 Å². The highest BCUT2D eigenvalue weighted by molar-refractivity contribution is 7.92. The zero-order valence-corrected chi connectivity index (χ0v) is 17.4. The van der Waals surface area contributed by atoms with Crippen molar-refractivity contribution in [2.24, 2.45) is 0 Å². The van der Waals surface area contributed by atoms with Crippen LogP contribution in [0.4, 0.5) is 0 Å². The maximum atomic E-state index is 12.6. The van der Waals surface area contributed by atoms with Gasteiger partial charge in [0.15, 0.2) is 9.84 Å². The fraction of sp³-hybridized carbons (Fsp3) is 0.333. The number of aromatic amines is 1. The maximum Gasteiger partial charge on any atom is 0.267 e. The van der Waals surface area contributed by atoms with Gasteiger partial charge in [-0.05, 0) is 55.5 Å². The second-order valence-corrected chi connectivity index (χ2v) is 10.2. The summed E-state index contributed by atoms with van der Waals surface area (Å²) in [7, 11) is -3.30. The Morgan fingerprint density at radius 1 is 1.14 bits per heavy atom. The second-order valence-electron chi connectivity index (χ2n) is 7.57. The quantitative estimate of drug-likeness (QED) is 0.759. The largest absolute Gasteiger partial charge is 0.350 e. The molecular formula is C21H21ClN2O4S. The molecule has 2 heterocycles. The smallest absolute Gasteiger partial charge is 0.267 e. The number of aryl methyl sites for hydroxylation is 1. The van der Waals surface area contributed by atoms with Crippen LogP contribution in [0.15, 0.2) is 46.1 Å². The maximum absolute atomic E-state index is 12.6. The summed E-state index contributed by atoms with van der Waals surface area (Å²) in [5, 5.41) is 2.71. The van der Waals surface area contributed by atoms with Crippen molar-refractivity contribution >= 4 is 32.9 Å². The molecule has 8 heteroatoms. The van der Waals surface area contributed by atoms with Crippen molar-refractivity contribution in [3.8, 4) is 0 Å². The molecule has 152 valence electrons. The zero-order chi connectivity index (χ0) is 20.8. The van der Waals surface area contributed by atoms with Gasteiger partial charge in [0.05, 0.1) is 10.1 Å². The lowest BCUT2D eigenvalue weighted by molar-refractivity contribution is -0.119. The molecule has 2 fully saturated rings. The van der Waals surface area contributed by atoms with Crippen molar-refractivity contribution < 1.29 is 13.2 Å². The van der Waals surface area contributed by atoms with Crippen LogP contribution in [0.2, 0.25) is 5.02 Å². The molecule has 1 aromatic heterocycles. The topological polar surface area (TPSA) is 96.1 Å². The van der Waals surface area contributed by atoms with Gasteiger partial charge in [0.2, 0.25) is 5.91 Å². The summed E-state index contributed by atoms with van der Waals surface area (Å²) in [6.45, 7) is 1.78. The Hall–Kier alpha value is -2.38. The second kappa shape index (κ2) is 7.46. The molecule has 4 rings (SSSR count). The summed E-state index contributed by atoms with van der Waals surface area (Å²) in [4.78, 5) is 26.8. The Morgan fingerprint density at radius 3 is 2.48 bits per heavy atom. The number of carbonyl (C=O) groups is 1. The van der Waals surface area contributed by atoms with Crippen LogP contribution in [-0.4, -0.2) is 30.6 Å². The summed E-state index contributed by atoms with van der Waals surface area (Å²) < 4.78 is 25.3. The van der Waals surface area contributed by atoms with Crippen LogP contribution < -0.4 is 10.9 Å². The summed E-state index contributed by atoms with van der Waals surface area (Å²) in [6, 6.07) is 8.26. The van der Waals surface area contributed by atoms with Gasteiger partial charge in [-0.25, -0.2) is 8.42 Å². The van der Waals surface area contributed by atoms with Gasteiger partial charge < -0.3 is 10.3 Å². The fourth-order valence-electron chi connectivity index (χ4n) is 3.61. The SMILES string of the molecule is Cc1cc(/C(=C/[C@H]2CCC(=O)N2)c2ccc(Cl)c(=O)[nH]2)ccc1S(=O)(=O)C1CC1. The molecule has 0 unspecified atom stereocenters. The molecule has 1 aromatic carbocycles. The fourth-order valence-corrected chi connectivity index (χ4v) is 5.60. The molecule has 0 radical (unpaired) electrons. The van der Waals surface area contributed by atoms with Gasteiger partial charge in [-0.3, -0.25) is 9.59 Å². The van der Waals surface area contributed by atoms with Crippen LogP contribution in [0.5, 0.6) is 0 Å². The van der Waals surface area contributed by atoms with Crippen LogP contribution >= 0.6 is 11.6 Å². The van der Waals surface area contributed by atoms with Gasteiger partial charge in [0.25, 0.3) is 5.56 Å². The standard InChI is InChI=1S/C21H21ClN2O4S/c1-12-10-13(2-8-19(12)29(27,28)15-4-5-15)16(11-14-3-9-20(25)23-14)18-7-6-17(22)21(26)24-18/h2,6-8,10-11,14-15H,3-5,9H2,1H3,(H,23,25)(H,24,26)/b16-11-/t14-/m1/s1. The third-order valence-corrected chi connectivity index (χ3v) is 8.02. The van der Waals surface area contributed by atoms with Crippen molar-refractivity contribution in [2.45, 2.75) is 48.8 Å². The lowest BCUT2D eigenvalue weighted by atomic mass is 9.97. The number of H-pyrrole nitrogens is 1. The Morgan fingerprint density at radius 2 is 1.90 bits per heavy atom. The minimum Gasteiger partial charge on any atom is -0.350 e. The van der Waals surface area contributed by atoms with Crippen LogP contribution in [0.25, 0.3) is 5.57 Å². The van der Waals surface area contributed by atoms with Gasteiger partial charge in [-0.1, -0.05) is 29.8 Å². The molecule has 2 N–H and O–H groups in total. The van der Waals surface area contributed by atoms with Gasteiger partial charge in [0.1, 0.15) is 5.02 Å². The third-order valence-electron chi connectivity index (χ3n) is 5.30. The molecule has 29 heavy (non-hydrogen) atoms. The zero-order valence-electron chi connectivity index (χ0n) is 15.9. The number of halogens is 1. The van der Waals surface area contributed by atoms with Gasteiger partial charge in [-0.15, -0.1) is 0 Å². The predicted molar refractivity (Wildman–Crippen MR) is 112 cm³/mol. The highest BCUT2D eigenvalue weighted by Gasteiger charge is 2.37. The van der Waals surface area contributed by atoms with Gasteiger partial charge in [0, 0.05) is 23.7 Å². The molecular weight excluding hydrogens is 412 g/mol. The molecule has 1 amide bonds. The van der Waals surface area contributed by atoms with Crippen LogP contribution in [0.3, 0.4) is 0 Å². The number of carbonyl (C=O) groups excluding carboxylic acids is 1. The van der Waals surface area contributed by atoms with E-state index in [1.54, 1.807) is 25.1 Å². The number of aromatic nitrogens is 1. The van der Waals surface area contributed by atoms with Crippen molar-refractivity contribution in [3.05, 3.63) is 68.6 Å². The van der Waals surface area contributed by atoms with E-state index in [9.17, 15) is 18.0 Å². The normalized spacial score (nSPS) is 20.0. The summed E-state index contributed by atoms with van der Waals surface area (Å²) in [6.07, 6.45) is 4.43. The average molecular weight is 433 g/mol. The number of nitrogens with one attached hydrogen (secondary N) is 2. The van der Waals surface area contributed by atoms with Crippen molar-refractivity contribution in [2.75, 3.05) is 0 Å². The predicted octanol–water partition coefficient (Wildman–Crippen LogP) is 2.98. The number of sulfone groups is 1. The number of benzene rings is 1. The minimum atomic E-state index is -3.30. The number of amides is 1. The van der Waals surface area contributed by atoms with Crippen LogP contribution in [-0.2, 0) is 14.6 Å². The first-order valence-corrected chi connectivity index (χ1v) is 11.4. The lowest BCUT2D eigenvalue weighted by Gasteiger charge is -2.14. The Kier molecular flexibility index (Phi) is 5.12. The molecule has 0 spiro atoms. The lowest BCUT2D eigenvalue weighted by Crippen LogP contribution is -2.23. The van der Waals surface area contributed by atoms with E-state index in [0.29, 0.717) is 47.4 Å². The molecule has 1 atom stereocenters. The minimum absolute atomic E-state index is 0.0164. The van der Waals surface area contributed by atoms with E-state index in [4.69, 9.17) is 11.6 Å². The summed E-state index contributed by atoms with van der Waals surface area (Å²) in [5.41, 5.74) is 2.28. The van der Waals surface area contributed by atoms with E-state index >= 15 is 0 Å². The summed E-state index contributed by atoms with van der Waals surface area (Å²) in [5.74, 6) is -0.0164. The Bertz CT molecular complexity index is 1180. The van der Waals surface area contributed by atoms with Crippen LogP contribution in [0, 0.1) is 6.92 Å². The molecule has 0 bridgehead atoms. The number of hydrogen-bond donors (Lipinski definition) is 2. The molecule has 1 saturated carbocycles. The molecule has 1 aliphatic carbocycles. The third kappa shape index (κ3) is 4.02. The highest BCUT2D eigenvalue weighted by atomic mass is 35.5. The van der Waals surface area contributed by atoms with E-state index in [2.05, 4.69) is 10.3 Å². The molecule has 2 aromatic rings. The average Bonchev–Trinajstić information content (AvgIpc) is 3.45.